The molecule has 0 aliphatic heterocycles. The SMILES string of the molecule is CCCCCCCC/C=C\CCCCCCCCOC(CC[C@@H](C)C1CCC2C3CCC4CC(OC(=O)C(C)(C)C)CCC4(C)C3CCC21C)O[Si](C)(C)OCCCCCCBr. The van der Waals surface area contributed by atoms with E-state index in [-0.39, 0.29) is 18.4 Å². The number of unbranched alkanes of at least 4 members (excludes halogenated alkanes) is 15. The maximum atomic E-state index is 12.8. The third-order valence-electron chi connectivity index (χ3n) is 17.0. The van der Waals surface area contributed by atoms with Gasteiger partial charge in [0.05, 0.1) is 5.41 Å². The first kappa shape index (κ1) is 54.4. The largest absolute Gasteiger partial charge is 0.462 e. The second kappa shape index (κ2) is 27.6. The van der Waals surface area contributed by atoms with Gasteiger partial charge >= 0.3 is 14.5 Å². The first-order chi connectivity index (χ1) is 29.6. The summed E-state index contributed by atoms with van der Waals surface area (Å²) < 4.78 is 26.2. The van der Waals surface area contributed by atoms with Crippen molar-refractivity contribution in [2.24, 2.45) is 51.8 Å². The normalized spacial score (nSPS) is 29.9. The Hall–Kier alpha value is -0.213. The summed E-state index contributed by atoms with van der Waals surface area (Å²) in [6, 6.07) is 0. The van der Waals surface area contributed by atoms with Crippen LogP contribution in [0.25, 0.3) is 0 Å². The summed E-state index contributed by atoms with van der Waals surface area (Å²) in [4.78, 5) is 12.8. The van der Waals surface area contributed by atoms with E-state index in [1.807, 2.05) is 20.8 Å². The number of hydrogen-bond acceptors (Lipinski definition) is 5. The second-order valence-corrected chi connectivity index (χ2v) is 27.3. The van der Waals surface area contributed by atoms with Crippen LogP contribution in [-0.4, -0.2) is 45.5 Å². The number of carbonyl (C=O) groups is 1. The molecule has 0 aromatic heterocycles. The standard InChI is InChI=1S/C55H101BrO5Si/c1-10-11-12-13-14-15-16-17-18-19-20-21-22-23-25-28-41-58-51(61-62(8,9)59-42-29-26-24-27-40-56)35-30-44(2)48-33-34-49-47-32-31-45-43-46(60-52(57)53(3,4)5)36-38-54(45,6)50(47)37-39-55(48,49)7/h17-18,44-51H,10-16,19-43H2,1-9H3/b18-17-/t44-,45?,46?,47?,48?,49?,50?,51?,54?,55?/m1/s1. The van der Waals surface area contributed by atoms with Crippen LogP contribution in [-0.2, 0) is 23.1 Å². The number of alkyl halides is 1. The van der Waals surface area contributed by atoms with E-state index in [0.717, 1.165) is 74.3 Å². The number of halogens is 1. The van der Waals surface area contributed by atoms with Crippen LogP contribution >= 0.6 is 15.9 Å². The quantitative estimate of drug-likeness (QED) is 0.0173. The van der Waals surface area contributed by atoms with Gasteiger partial charge in [-0.3, -0.25) is 4.79 Å². The molecule has 0 radical (unpaired) electrons. The van der Waals surface area contributed by atoms with Crippen LogP contribution in [0.1, 0.15) is 235 Å². The average Bonchev–Trinajstić information content (AvgIpc) is 3.59. The van der Waals surface area contributed by atoms with Crippen LogP contribution in [0.3, 0.4) is 0 Å². The molecule has 4 fully saturated rings. The van der Waals surface area contributed by atoms with Crippen LogP contribution < -0.4 is 0 Å². The molecule has 0 aromatic rings. The molecule has 9 unspecified atom stereocenters. The van der Waals surface area contributed by atoms with Gasteiger partial charge in [0.1, 0.15) is 12.4 Å². The lowest BCUT2D eigenvalue weighted by atomic mass is 9.44. The molecule has 62 heavy (non-hydrogen) atoms. The monoisotopic (exact) mass is 949 g/mol. The van der Waals surface area contributed by atoms with Crippen molar-refractivity contribution in [2.75, 3.05) is 18.5 Å². The van der Waals surface area contributed by atoms with Crippen molar-refractivity contribution in [1.82, 2.24) is 0 Å². The molecule has 0 saturated heterocycles. The Morgan fingerprint density at radius 3 is 1.98 bits per heavy atom. The van der Waals surface area contributed by atoms with Crippen molar-refractivity contribution in [1.29, 1.82) is 0 Å². The minimum Gasteiger partial charge on any atom is -0.462 e. The number of carbonyl (C=O) groups excluding carboxylic acids is 1. The zero-order valence-corrected chi connectivity index (χ0v) is 44.9. The highest BCUT2D eigenvalue weighted by Gasteiger charge is 2.61. The third-order valence-corrected chi connectivity index (χ3v) is 19.3. The highest BCUT2D eigenvalue weighted by Crippen LogP contribution is 2.68. The highest BCUT2D eigenvalue weighted by molar-refractivity contribution is 9.09. The molecule has 4 rings (SSSR count). The van der Waals surface area contributed by atoms with Crippen molar-refractivity contribution in [3.63, 3.8) is 0 Å². The summed E-state index contributed by atoms with van der Waals surface area (Å²) in [6.45, 7) is 22.2. The van der Waals surface area contributed by atoms with E-state index in [1.165, 1.54) is 154 Å². The molecule has 5 nitrogen and oxygen atoms in total. The highest BCUT2D eigenvalue weighted by atomic mass is 79.9. The maximum Gasteiger partial charge on any atom is 0.333 e. The number of ether oxygens (including phenoxy) is 2. The van der Waals surface area contributed by atoms with E-state index in [9.17, 15) is 4.79 Å². The molecule has 0 amide bonds. The Bertz CT molecular complexity index is 1270. The Morgan fingerprint density at radius 2 is 1.32 bits per heavy atom. The molecule has 10 atom stereocenters. The minimum absolute atomic E-state index is 0.0245. The summed E-state index contributed by atoms with van der Waals surface area (Å²) in [5.41, 5.74) is 0.416. The second-order valence-electron chi connectivity index (χ2n) is 23.2. The van der Waals surface area contributed by atoms with Crippen LogP contribution in [0, 0.1) is 51.8 Å². The lowest BCUT2D eigenvalue weighted by molar-refractivity contribution is -0.170. The zero-order valence-electron chi connectivity index (χ0n) is 42.3. The Kier molecular flexibility index (Phi) is 24.2. The van der Waals surface area contributed by atoms with E-state index >= 15 is 0 Å². The van der Waals surface area contributed by atoms with Crippen LogP contribution in [0.4, 0.5) is 0 Å². The first-order valence-electron chi connectivity index (χ1n) is 27.0. The van der Waals surface area contributed by atoms with Crippen LogP contribution in [0.2, 0.25) is 13.1 Å². The number of esters is 1. The molecule has 4 aliphatic rings. The first-order valence-corrected chi connectivity index (χ1v) is 30.9. The smallest absolute Gasteiger partial charge is 0.333 e. The molecule has 4 saturated carbocycles. The fourth-order valence-electron chi connectivity index (χ4n) is 13.2. The lowest BCUT2D eigenvalue weighted by Gasteiger charge is -2.61. The van der Waals surface area contributed by atoms with Crippen LogP contribution in [0.15, 0.2) is 12.2 Å². The maximum absolute atomic E-state index is 12.8. The van der Waals surface area contributed by atoms with E-state index < -0.39 is 14.0 Å². The van der Waals surface area contributed by atoms with Gasteiger partial charge in [0.2, 0.25) is 0 Å². The average molecular weight is 950 g/mol. The van der Waals surface area contributed by atoms with Crippen molar-refractivity contribution < 1.29 is 23.1 Å². The molecular weight excluding hydrogens is 849 g/mol. The summed E-state index contributed by atoms with van der Waals surface area (Å²) in [5.74, 6) is 4.67. The summed E-state index contributed by atoms with van der Waals surface area (Å²) in [7, 11) is -2.32. The van der Waals surface area contributed by atoms with Crippen LogP contribution in [0.5, 0.6) is 0 Å². The third kappa shape index (κ3) is 17.1. The van der Waals surface area contributed by atoms with E-state index in [1.54, 1.807) is 0 Å². The molecule has 0 aromatic carbocycles. The molecule has 0 N–H and O–H groups in total. The molecule has 362 valence electrons. The van der Waals surface area contributed by atoms with Crippen molar-refractivity contribution >= 4 is 30.5 Å². The molecule has 0 heterocycles. The number of rotatable bonds is 31. The Labute approximate surface area is 394 Å². The van der Waals surface area contributed by atoms with Crippen molar-refractivity contribution in [3.8, 4) is 0 Å². The summed E-state index contributed by atoms with van der Waals surface area (Å²) in [5, 5.41) is 1.09. The fraction of sp³-hybridized carbons (Fsp3) is 0.945. The number of hydrogen-bond donors (Lipinski definition) is 0. The Balaban J connectivity index is 1.22. The lowest BCUT2D eigenvalue weighted by Crippen LogP contribution is -2.54. The molecule has 0 bridgehead atoms. The molecule has 0 spiro atoms. The van der Waals surface area contributed by atoms with Gasteiger partial charge in [-0.2, -0.15) is 0 Å². The van der Waals surface area contributed by atoms with Gasteiger partial charge in [-0.25, -0.2) is 0 Å². The van der Waals surface area contributed by atoms with Gasteiger partial charge in [0.25, 0.3) is 0 Å². The zero-order chi connectivity index (χ0) is 45.1. The van der Waals surface area contributed by atoms with Gasteiger partial charge in [0, 0.05) is 18.5 Å². The van der Waals surface area contributed by atoms with Gasteiger partial charge in [-0.15, -0.1) is 0 Å². The summed E-state index contributed by atoms with van der Waals surface area (Å²) in [6.07, 6.45) is 41.9. The predicted octanol–water partition coefficient (Wildman–Crippen LogP) is 17.1. The van der Waals surface area contributed by atoms with Gasteiger partial charge in [0.15, 0.2) is 0 Å². The van der Waals surface area contributed by atoms with Crippen molar-refractivity contribution in [3.05, 3.63) is 12.2 Å². The van der Waals surface area contributed by atoms with Gasteiger partial charge < -0.3 is 18.3 Å². The van der Waals surface area contributed by atoms with E-state index in [4.69, 9.17) is 18.3 Å². The molecule has 4 aliphatic carbocycles. The topological polar surface area (TPSA) is 54.0 Å². The van der Waals surface area contributed by atoms with E-state index in [2.05, 4.69) is 68.9 Å². The van der Waals surface area contributed by atoms with Gasteiger partial charge in [-0.1, -0.05) is 126 Å². The molecule has 7 heteroatoms. The van der Waals surface area contributed by atoms with E-state index in [0.29, 0.717) is 22.7 Å². The number of fused-ring (bicyclic) bond motifs is 5. The summed E-state index contributed by atoms with van der Waals surface area (Å²) >= 11 is 3.57. The predicted molar refractivity (Wildman–Crippen MR) is 269 cm³/mol. The van der Waals surface area contributed by atoms with Crippen molar-refractivity contribution in [2.45, 2.75) is 260 Å². The Morgan fingerprint density at radius 1 is 0.726 bits per heavy atom. The minimum atomic E-state index is -2.32. The molecular formula is C55H101BrO5Si. The fourth-order valence-corrected chi connectivity index (χ4v) is 15.1. The number of allylic oxidation sites excluding steroid dienone is 2. The van der Waals surface area contributed by atoms with Gasteiger partial charge in [-0.05, 0) is 196 Å².